The summed E-state index contributed by atoms with van der Waals surface area (Å²) in [4.78, 5) is 0. The average Bonchev–Trinajstić information content (AvgIpc) is 1.19. The largest absolute Gasteiger partial charge is 1.00 e. The molecule has 58 valence electrons. The summed E-state index contributed by atoms with van der Waals surface area (Å²) >= 11 is 0.493. The Hall–Kier alpha value is 2.36. The van der Waals surface area contributed by atoms with E-state index in [1.165, 1.54) is 0 Å². The third kappa shape index (κ3) is 238. The molecule has 0 spiro atoms. The van der Waals surface area contributed by atoms with Gasteiger partial charge in [0.15, 0.2) is 0 Å². The fraction of sp³-hybridized carbons (Fsp3) is 0. The van der Waals surface area contributed by atoms with Crippen LogP contribution in [0.25, 0.3) is 0 Å². The van der Waals surface area contributed by atoms with E-state index in [1.54, 1.807) is 0 Å². The van der Waals surface area contributed by atoms with E-state index in [-0.39, 0.29) is 59.1 Å². The standard InChI is InChI=1S/2Na.H2O3S2.H2O3S/c;;1-5(2,3)4;1-4(2)3/h;;(H2,1,2,3,4);(H2,1,2,3)/q2*+1;;/p-2. The molecule has 0 saturated heterocycles. The van der Waals surface area contributed by atoms with Gasteiger partial charge in [-0.15, -0.1) is 0 Å². The Balaban J connectivity index is -0.0000000383. The Morgan fingerprint density at radius 2 is 1.45 bits per heavy atom. The molecule has 11 heteroatoms. The van der Waals surface area contributed by atoms with Crippen molar-refractivity contribution in [3.63, 3.8) is 0 Å². The first-order valence-electron chi connectivity index (χ1n) is 1.20. The summed E-state index contributed by atoms with van der Waals surface area (Å²) in [5.74, 6) is 0. The monoisotopic (exact) mass is 240 g/mol. The van der Waals surface area contributed by atoms with Gasteiger partial charge in [0.05, 0.1) is 20.4 Å². The zero-order valence-electron chi connectivity index (χ0n) is 5.75. The Kier molecular flexibility index (Phi) is 26.2. The molecule has 0 radical (unpaired) electrons. The van der Waals surface area contributed by atoms with E-state index in [4.69, 9.17) is 26.6 Å². The van der Waals surface area contributed by atoms with Crippen LogP contribution in [0.1, 0.15) is 0 Å². The molecule has 0 amide bonds. The van der Waals surface area contributed by atoms with Gasteiger partial charge in [-0.1, -0.05) is 0 Å². The molecule has 2 unspecified atom stereocenters. The van der Waals surface area contributed by atoms with Gasteiger partial charge in [0, 0.05) is 0 Å². The molecule has 0 bridgehead atoms. The van der Waals surface area contributed by atoms with Gasteiger partial charge in [-0.2, -0.15) is 0 Å². The van der Waals surface area contributed by atoms with Crippen LogP contribution >= 0.6 is 0 Å². The van der Waals surface area contributed by atoms with E-state index in [0.717, 1.165) is 0 Å². The molecule has 0 heterocycles. The third-order valence-corrected chi connectivity index (χ3v) is 0. The van der Waals surface area contributed by atoms with Gasteiger partial charge in [-0.3, -0.25) is 0 Å². The second-order valence-electron chi connectivity index (χ2n) is 0.645. The van der Waals surface area contributed by atoms with Gasteiger partial charge in [0.25, 0.3) is 0 Å². The van der Waals surface area contributed by atoms with Crippen molar-refractivity contribution < 1.29 is 85.7 Å². The van der Waals surface area contributed by atoms with Crippen molar-refractivity contribution in [1.29, 1.82) is 0 Å². The van der Waals surface area contributed by atoms with Gasteiger partial charge >= 0.3 is 59.1 Å². The molecule has 0 aliphatic carbocycles. The maximum atomic E-state index is 9.00. The molecule has 0 saturated carbocycles. The van der Waals surface area contributed by atoms with Crippen LogP contribution in [0.2, 0.25) is 0 Å². The van der Waals surface area contributed by atoms with E-state index in [2.05, 4.69) is 11.2 Å². The van der Waals surface area contributed by atoms with Crippen LogP contribution < -0.4 is 59.1 Å². The van der Waals surface area contributed by atoms with Gasteiger partial charge < -0.3 is 18.2 Å². The summed E-state index contributed by atoms with van der Waals surface area (Å²) in [6.07, 6.45) is 0. The molecule has 0 aliphatic rings. The minimum Gasteiger partial charge on any atom is -0.750 e. The van der Waals surface area contributed by atoms with Crippen molar-refractivity contribution >= 4 is 31.6 Å². The topological polar surface area (TPSA) is 121 Å². The van der Waals surface area contributed by atoms with Crippen LogP contribution in [-0.2, 0) is 31.6 Å². The van der Waals surface area contributed by atoms with Crippen molar-refractivity contribution in [2.75, 3.05) is 0 Å². The van der Waals surface area contributed by atoms with Crippen molar-refractivity contribution in [2.45, 2.75) is 0 Å². The van der Waals surface area contributed by atoms with Crippen LogP contribution in [0.5, 0.6) is 0 Å². The first kappa shape index (κ1) is 23.3. The molecule has 0 aromatic rings. The third-order valence-electron chi connectivity index (χ3n) is 0. The smallest absolute Gasteiger partial charge is 0.750 e. The van der Waals surface area contributed by atoms with E-state index in [0.29, 0.717) is 0 Å². The zero-order chi connectivity index (χ0) is 8.08. The van der Waals surface area contributed by atoms with Crippen molar-refractivity contribution in [2.24, 2.45) is 0 Å². The summed E-state index contributed by atoms with van der Waals surface area (Å²) in [5, 5.41) is 0. The fourth-order valence-electron chi connectivity index (χ4n) is 0. The van der Waals surface area contributed by atoms with Crippen LogP contribution in [0.15, 0.2) is 0 Å². The fourth-order valence-corrected chi connectivity index (χ4v) is 0. The molecule has 0 rings (SSSR count). The summed E-state index contributed by atoms with van der Waals surface area (Å²) in [6.45, 7) is 0. The van der Waals surface area contributed by atoms with Crippen molar-refractivity contribution in [3.8, 4) is 0 Å². The molecule has 0 fully saturated rings. The Morgan fingerprint density at radius 1 is 1.45 bits per heavy atom. The predicted octanol–water partition coefficient (Wildman–Crippen LogP) is -7.32. The summed E-state index contributed by atoms with van der Waals surface area (Å²) in [6, 6.07) is 0. The second-order valence-corrected chi connectivity index (χ2v) is 3.20. The van der Waals surface area contributed by atoms with E-state index >= 15 is 0 Å². The summed E-state index contributed by atoms with van der Waals surface area (Å²) in [5.41, 5.74) is 0. The number of hydrogen-bond acceptors (Lipinski definition) is 5. The molecular weight excluding hydrogens is 238 g/mol. The minimum atomic E-state index is -4.08. The molecule has 6 nitrogen and oxygen atoms in total. The molecule has 0 aromatic carbocycles. The maximum Gasteiger partial charge on any atom is 1.00 e. The van der Waals surface area contributed by atoms with Crippen LogP contribution in [0, 0.1) is 0 Å². The molecule has 0 aliphatic heterocycles. The predicted molar refractivity (Wildman–Crippen MR) is 30.5 cm³/mol. The van der Waals surface area contributed by atoms with E-state index in [1.807, 2.05) is 0 Å². The van der Waals surface area contributed by atoms with E-state index < -0.39 is 20.4 Å². The Bertz CT molecular complexity index is 158. The molecule has 2 N–H and O–H groups in total. The van der Waals surface area contributed by atoms with Crippen molar-refractivity contribution in [3.05, 3.63) is 0 Å². The van der Waals surface area contributed by atoms with Crippen LogP contribution in [0.4, 0.5) is 0 Å². The Labute approximate surface area is 116 Å². The van der Waals surface area contributed by atoms with Gasteiger partial charge in [0.1, 0.15) is 0 Å². The van der Waals surface area contributed by atoms with Crippen molar-refractivity contribution in [1.82, 2.24) is 0 Å². The van der Waals surface area contributed by atoms with Crippen LogP contribution in [0.3, 0.4) is 0 Å². The molecule has 2 atom stereocenters. The number of rotatable bonds is 0. The number of hydrogen-bond donors (Lipinski definition) is 2. The zero-order valence-corrected chi connectivity index (χ0v) is 12.2. The first-order chi connectivity index (χ1) is 3.73. The summed E-state index contributed by atoms with van der Waals surface area (Å²) < 4.78 is 49.4. The first-order valence-corrected chi connectivity index (χ1v) is 4.60. The SMILES string of the molecule is O=S([O-])(O)=S.O=S([O-])O.[Na+].[Na+]. The van der Waals surface area contributed by atoms with E-state index in [9.17, 15) is 0 Å². The Morgan fingerprint density at radius 3 is 1.45 bits per heavy atom. The van der Waals surface area contributed by atoms with Gasteiger partial charge in [-0.25, -0.2) is 8.42 Å². The van der Waals surface area contributed by atoms with Gasteiger partial charge in [-0.05, 0) is 11.2 Å². The molecular formula is H2Na2O6S3. The average molecular weight is 240 g/mol. The second kappa shape index (κ2) is 12.4. The van der Waals surface area contributed by atoms with Crippen LogP contribution in [-0.4, -0.2) is 26.6 Å². The summed E-state index contributed by atoms with van der Waals surface area (Å²) in [7, 11) is -4.08. The quantitative estimate of drug-likeness (QED) is 0.318. The minimum absolute atomic E-state index is 0. The molecule has 0 aromatic heterocycles. The van der Waals surface area contributed by atoms with Gasteiger partial charge in [0.2, 0.25) is 0 Å². The normalized spacial score (nSPS) is 15.3. The maximum absolute atomic E-state index is 9.00. The molecule has 11 heavy (non-hydrogen) atoms.